The second-order valence-electron chi connectivity index (χ2n) is 15.7. The zero-order valence-electron chi connectivity index (χ0n) is 32.9. The molecule has 0 amide bonds. The summed E-state index contributed by atoms with van der Waals surface area (Å²) in [6.07, 6.45) is 5.31. The number of hydrogen-bond donors (Lipinski definition) is 0. The van der Waals surface area contributed by atoms with Crippen LogP contribution in [0.15, 0.2) is 24.3 Å². The van der Waals surface area contributed by atoms with Crippen LogP contribution in [-0.2, 0) is 4.74 Å². The summed E-state index contributed by atoms with van der Waals surface area (Å²) in [5.74, 6) is 3.35. The van der Waals surface area contributed by atoms with Crippen LogP contribution in [0.2, 0.25) is 16.6 Å². The maximum atomic E-state index is 17.5. The monoisotopic (exact) mass is 743 g/mol. The van der Waals surface area contributed by atoms with Crippen molar-refractivity contribution in [3.63, 3.8) is 0 Å². The first-order valence-electron chi connectivity index (χ1n) is 19.2. The Hall–Kier alpha value is -3.85. The molecule has 2 aliphatic heterocycles. The summed E-state index contributed by atoms with van der Waals surface area (Å²) in [5, 5.41) is 1.70. The summed E-state index contributed by atoms with van der Waals surface area (Å²) >= 11 is 0. The predicted molar refractivity (Wildman–Crippen MR) is 213 cm³/mol. The van der Waals surface area contributed by atoms with Gasteiger partial charge in [-0.05, 0) is 92.8 Å². The number of likely N-dealkylation sites (N-methyl/N-ethyl adjacent to an activating group) is 1. The van der Waals surface area contributed by atoms with Crippen LogP contribution < -0.4 is 14.4 Å². The average molecular weight is 744 g/mol. The van der Waals surface area contributed by atoms with Crippen molar-refractivity contribution in [3.8, 4) is 34.5 Å². The van der Waals surface area contributed by atoms with Gasteiger partial charge in [0.05, 0.1) is 16.6 Å². The number of ether oxygens (including phenoxy) is 3. The number of piperidine rings is 1. The maximum Gasteiger partial charge on any atom is 0.319 e. The molecule has 8 nitrogen and oxygen atoms in total. The second-order valence-corrected chi connectivity index (χ2v) is 21.3. The van der Waals surface area contributed by atoms with Crippen molar-refractivity contribution in [2.45, 2.75) is 103 Å². The second kappa shape index (κ2) is 16.3. The summed E-state index contributed by atoms with van der Waals surface area (Å²) in [5.41, 5.74) is 6.09. The number of nitrogens with zero attached hydrogens (tertiary/aromatic N) is 5. The van der Waals surface area contributed by atoms with Crippen molar-refractivity contribution in [1.29, 1.82) is 0 Å². The molecule has 2 aromatic carbocycles. The van der Waals surface area contributed by atoms with Crippen LogP contribution in [0.1, 0.15) is 84.9 Å². The zero-order valence-corrected chi connectivity index (χ0v) is 33.9. The lowest BCUT2D eigenvalue weighted by Crippen LogP contribution is -2.43. The van der Waals surface area contributed by atoms with E-state index in [4.69, 9.17) is 29.2 Å². The third-order valence-electron chi connectivity index (χ3n) is 11.6. The highest BCUT2D eigenvalue weighted by Gasteiger charge is 2.42. The third kappa shape index (κ3) is 7.60. The number of fused-ring (bicyclic) bond motifs is 2. The number of pyridine rings is 1. The normalized spacial score (nSPS) is 17.0. The third-order valence-corrected chi connectivity index (χ3v) is 17.9. The van der Waals surface area contributed by atoms with Crippen LogP contribution in [-0.4, -0.2) is 81.2 Å². The van der Waals surface area contributed by atoms with E-state index in [1.54, 1.807) is 12.1 Å². The minimum atomic E-state index is -2.25. The van der Waals surface area contributed by atoms with Crippen molar-refractivity contribution in [1.82, 2.24) is 19.9 Å². The number of aromatic nitrogens is 3. The standard InChI is InChI=1S/C42H55F2N5O3Si/c1-26(2)53(27(3)4,28(5)6)21-17-33-35(43)16-15-30-22-32(52-25-50-9)23-34(37(30)33)39-38(44)40-36(29(7)45-39)41(49-19-11-10-12-20-49)47-42(46-40)51-24-31-14-13-18-48(31)8/h15-16,22-23,26-28,31H,10-14,18-20,24-25H2,1-9H3/t31-/m0/s1. The van der Waals surface area contributed by atoms with E-state index in [9.17, 15) is 0 Å². The Kier molecular flexibility index (Phi) is 11.9. The average Bonchev–Trinajstić information content (AvgIpc) is 3.55. The van der Waals surface area contributed by atoms with E-state index in [0.29, 0.717) is 62.2 Å². The van der Waals surface area contributed by atoms with Gasteiger partial charge in [0.25, 0.3) is 0 Å². The molecule has 0 radical (unpaired) electrons. The molecule has 0 unspecified atom stereocenters. The molecular formula is C42H55F2N5O3Si. The van der Waals surface area contributed by atoms with E-state index in [1.165, 1.54) is 13.2 Å². The van der Waals surface area contributed by atoms with Gasteiger partial charge in [-0.3, -0.25) is 0 Å². The van der Waals surface area contributed by atoms with Crippen molar-refractivity contribution in [2.24, 2.45) is 0 Å². The molecule has 53 heavy (non-hydrogen) atoms. The van der Waals surface area contributed by atoms with Crippen molar-refractivity contribution < 1.29 is 23.0 Å². The molecule has 2 fully saturated rings. The molecule has 0 spiro atoms. The number of halogens is 2. The van der Waals surface area contributed by atoms with Crippen LogP contribution in [0.25, 0.3) is 32.9 Å². The molecule has 2 aromatic heterocycles. The van der Waals surface area contributed by atoms with Gasteiger partial charge in [-0.2, -0.15) is 9.97 Å². The fourth-order valence-corrected chi connectivity index (χ4v) is 14.0. The number of methoxy groups -OCH3 is 1. The highest BCUT2D eigenvalue weighted by atomic mass is 28.3. The van der Waals surface area contributed by atoms with Gasteiger partial charge in [0, 0.05) is 37.2 Å². The van der Waals surface area contributed by atoms with Gasteiger partial charge >= 0.3 is 6.01 Å². The van der Waals surface area contributed by atoms with Crippen LogP contribution in [0, 0.1) is 30.0 Å². The van der Waals surface area contributed by atoms with Gasteiger partial charge in [-0.25, -0.2) is 13.8 Å². The molecule has 0 N–H and O–H groups in total. The minimum Gasteiger partial charge on any atom is -0.468 e. The lowest BCUT2D eigenvalue weighted by molar-refractivity contribution is 0.0512. The molecule has 2 aliphatic rings. The largest absolute Gasteiger partial charge is 0.468 e. The first-order valence-corrected chi connectivity index (χ1v) is 21.5. The van der Waals surface area contributed by atoms with Crippen molar-refractivity contribution in [3.05, 3.63) is 47.2 Å². The summed E-state index contributed by atoms with van der Waals surface area (Å²) in [6.45, 7) is 18.3. The topological polar surface area (TPSA) is 72.8 Å². The zero-order chi connectivity index (χ0) is 38.0. The molecule has 0 bridgehead atoms. The summed E-state index contributed by atoms with van der Waals surface area (Å²) in [7, 11) is 1.38. The molecule has 4 aromatic rings. The number of aryl methyl sites for hydroxylation is 1. The number of rotatable bonds is 11. The highest BCUT2D eigenvalue weighted by molar-refractivity contribution is 6.90. The first kappa shape index (κ1) is 38.9. The van der Waals surface area contributed by atoms with Crippen molar-refractivity contribution in [2.75, 3.05) is 52.1 Å². The predicted octanol–water partition coefficient (Wildman–Crippen LogP) is 9.45. The Morgan fingerprint density at radius 1 is 0.887 bits per heavy atom. The molecule has 284 valence electrons. The van der Waals surface area contributed by atoms with E-state index in [0.717, 1.165) is 51.7 Å². The maximum absolute atomic E-state index is 17.5. The van der Waals surface area contributed by atoms with E-state index >= 15 is 8.78 Å². The smallest absolute Gasteiger partial charge is 0.319 e. The Morgan fingerprint density at radius 3 is 2.25 bits per heavy atom. The minimum absolute atomic E-state index is 0.0138. The Morgan fingerprint density at radius 2 is 1.60 bits per heavy atom. The molecule has 0 saturated carbocycles. The SMILES string of the molecule is COCOc1cc(-c2nc(C)c3c(N4CCCCC4)nc(OC[C@@H]4CCCN4C)nc3c2F)c2c(C#C[Si](C(C)C)(C(C)C)C(C)C)c(F)ccc2c1. The quantitative estimate of drug-likeness (QED) is 0.0855. The van der Waals surface area contributed by atoms with E-state index in [-0.39, 0.29) is 35.6 Å². The molecule has 6 rings (SSSR count). The molecule has 11 heteroatoms. The van der Waals surface area contributed by atoms with Gasteiger partial charge in [0.2, 0.25) is 0 Å². The van der Waals surface area contributed by atoms with Crippen LogP contribution >= 0.6 is 0 Å². The van der Waals surface area contributed by atoms with E-state index < -0.39 is 19.7 Å². The number of likely N-dealkylation sites (tertiary alicyclic amines) is 1. The van der Waals surface area contributed by atoms with Gasteiger partial charge < -0.3 is 24.0 Å². The van der Waals surface area contributed by atoms with Gasteiger partial charge in [0.15, 0.2) is 12.6 Å². The van der Waals surface area contributed by atoms with Crippen LogP contribution in [0.4, 0.5) is 14.6 Å². The van der Waals surface area contributed by atoms with Crippen molar-refractivity contribution >= 4 is 35.6 Å². The fourth-order valence-electron chi connectivity index (χ4n) is 8.78. The summed E-state index contributed by atoms with van der Waals surface area (Å²) < 4.78 is 51.0. The molecule has 2 saturated heterocycles. The molecule has 0 aliphatic carbocycles. The first-order chi connectivity index (χ1) is 25.4. The van der Waals surface area contributed by atoms with E-state index in [2.05, 4.69) is 69.9 Å². The summed E-state index contributed by atoms with van der Waals surface area (Å²) in [4.78, 5) is 19.0. The molecule has 1 atom stereocenters. The molecule has 4 heterocycles. The lowest BCUT2D eigenvalue weighted by atomic mass is 9.95. The van der Waals surface area contributed by atoms with Gasteiger partial charge in [-0.1, -0.05) is 53.5 Å². The Bertz CT molecular complexity index is 2000. The lowest BCUT2D eigenvalue weighted by Gasteiger charge is -2.38. The molecular weight excluding hydrogens is 689 g/mol. The van der Waals surface area contributed by atoms with E-state index in [1.807, 2.05) is 13.0 Å². The van der Waals surface area contributed by atoms with Crippen LogP contribution in [0.5, 0.6) is 11.8 Å². The number of benzene rings is 2. The van der Waals surface area contributed by atoms with Gasteiger partial charge in [-0.15, -0.1) is 5.54 Å². The Labute approximate surface area is 314 Å². The fraction of sp³-hybridized carbons (Fsp3) is 0.548. The highest BCUT2D eigenvalue weighted by Crippen LogP contribution is 2.43. The number of anilines is 1. The van der Waals surface area contributed by atoms with Gasteiger partial charge in [0.1, 0.15) is 43.3 Å². The summed E-state index contributed by atoms with van der Waals surface area (Å²) in [6, 6.07) is 7.03. The Balaban J connectivity index is 1.61. The van der Waals surface area contributed by atoms with Crippen LogP contribution in [0.3, 0.4) is 0 Å². The number of hydrogen-bond acceptors (Lipinski definition) is 8.